The van der Waals surface area contributed by atoms with Gasteiger partial charge in [-0.05, 0) is 31.6 Å². The van der Waals surface area contributed by atoms with E-state index in [1.54, 1.807) is 0 Å². The van der Waals surface area contributed by atoms with Crippen molar-refractivity contribution in [3.8, 4) is 0 Å². The maximum Gasteiger partial charge on any atom is 0.0897 e. The first-order valence-corrected chi connectivity index (χ1v) is 7.49. The number of hydrogen-bond acceptors (Lipinski definition) is 4. The van der Waals surface area contributed by atoms with Crippen LogP contribution >= 0.6 is 0 Å². The molecule has 0 aromatic heterocycles. The second-order valence-electron chi connectivity index (χ2n) is 6.34. The number of aliphatic hydroxyl groups excluding tert-OH is 2. The Hall–Kier alpha value is -0.160. The first kappa shape index (κ1) is 18.8. The van der Waals surface area contributed by atoms with Gasteiger partial charge in [-0.3, -0.25) is 0 Å². The average Bonchev–Trinajstić information content (AvgIpc) is 2.30. The molecule has 0 spiro atoms. The Morgan fingerprint density at radius 1 is 1.00 bits per heavy atom. The van der Waals surface area contributed by atoms with Crippen LogP contribution in [0.15, 0.2) is 0 Å². The molecule has 3 unspecified atom stereocenters. The van der Waals surface area contributed by atoms with Crippen molar-refractivity contribution in [3.63, 3.8) is 0 Å². The van der Waals surface area contributed by atoms with Crippen molar-refractivity contribution in [2.75, 3.05) is 19.8 Å². The molecule has 0 aliphatic carbocycles. The van der Waals surface area contributed by atoms with Crippen molar-refractivity contribution in [2.45, 2.75) is 65.7 Å². The zero-order chi connectivity index (χ0) is 14.8. The standard InChI is InChI=1S/C15H33NO3/c1-11(2)6-13(5)19-10-15(18)8-16-14(9-17)7-12(3)4/h11-18H,6-10H2,1-5H3. The number of aliphatic hydroxyl groups is 2. The quantitative estimate of drug-likeness (QED) is 0.538. The van der Waals surface area contributed by atoms with Gasteiger partial charge in [0.1, 0.15) is 0 Å². The third kappa shape index (κ3) is 11.4. The van der Waals surface area contributed by atoms with Crippen LogP contribution in [0.3, 0.4) is 0 Å². The summed E-state index contributed by atoms with van der Waals surface area (Å²) in [6.07, 6.45) is 1.58. The van der Waals surface area contributed by atoms with Crippen molar-refractivity contribution in [1.82, 2.24) is 5.32 Å². The predicted molar refractivity (Wildman–Crippen MR) is 79.2 cm³/mol. The molecular formula is C15H33NO3. The van der Waals surface area contributed by atoms with Crippen molar-refractivity contribution in [2.24, 2.45) is 11.8 Å². The minimum Gasteiger partial charge on any atom is -0.395 e. The lowest BCUT2D eigenvalue weighted by Gasteiger charge is -2.22. The predicted octanol–water partition coefficient (Wildman–Crippen LogP) is 1.80. The van der Waals surface area contributed by atoms with Gasteiger partial charge in [0.2, 0.25) is 0 Å². The van der Waals surface area contributed by atoms with Crippen molar-refractivity contribution >= 4 is 0 Å². The maximum atomic E-state index is 9.84. The fourth-order valence-corrected chi connectivity index (χ4v) is 2.16. The molecule has 116 valence electrons. The topological polar surface area (TPSA) is 61.7 Å². The molecule has 0 radical (unpaired) electrons. The summed E-state index contributed by atoms with van der Waals surface area (Å²) in [5.41, 5.74) is 0. The first-order valence-electron chi connectivity index (χ1n) is 7.49. The number of hydrogen-bond donors (Lipinski definition) is 3. The Morgan fingerprint density at radius 3 is 2.05 bits per heavy atom. The van der Waals surface area contributed by atoms with Crippen LogP contribution in [0.4, 0.5) is 0 Å². The Kier molecular flexibility index (Phi) is 10.5. The molecule has 4 nitrogen and oxygen atoms in total. The summed E-state index contributed by atoms with van der Waals surface area (Å²) in [5, 5.41) is 22.3. The molecule has 4 heteroatoms. The zero-order valence-electron chi connectivity index (χ0n) is 13.2. The van der Waals surface area contributed by atoms with E-state index in [0.717, 1.165) is 12.8 Å². The second kappa shape index (κ2) is 10.6. The molecular weight excluding hydrogens is 242 g/mol. The summed E-state index contributed by atoms with van der Waals surface area (Å²) >= 11 is 0. The van der Waals surface area contributed by atoms with Gasteiger partial charge in [-0.2, -0.15) is 0 Å². The Labute approximate surface area is 118 Å². The summed E-state index contributed by atoms with van der Waals surface area (Å²) in [7, 11) is 0. The third-order valence-electron chi connectivity index (χ3n) is 2.99. The minimum atomic E-state index is -0.518. The molecule has 0 amide bonds. The van der Waals surface area contributed by atoms with Gasteiger partial charge >= 0.3 is 0 Å². The molecule has 3 atom stereocenters. The molecule has 0 aliphatic heterocycles. The molecule has 0 saturated heterocycles. The lowest BCUT2D eigenvalue weighted by atomic mass is 10.0. The first-order chi connectivity index (χ1) is 8.85. The highest BCUT2D eigenvalue weighted by molar-refractivity contribution is 4.70. The smallest absolute Gasteiger partial charge is 0.0897 e. The Bertz CT molecular complexity index is 210. The van der Waals surface area contributed by atoms with E-state index in [4.69, 9.17) is 4.74 Å². The summed E-state index contributed by atoms with van der Waals surface area (Å²) < 4.78 is 5.61. The monoisotopic (exact) mass is 275 g/mol. The van der Waals surface area contributed by atoms with Crippen LogP contribution in [-0.4, -0.2) is 48.2 Å². The fourth-order valence-electron chi connectivity index (χ4n) is 2.16. The van der Waals surface area contributed by atoms with Gasteiger partial charge in [0.15, 0.2) is 0 Å². The highest BCUT2D eigenvalue weighted by Gasteiger charge is 2.13. The normalized spacial score (nSPS) is 16.9. The largest absolute Gasteiger partial charge is 0.395 e. The third-order valence-corrected chi connectivity index (χ3v) is 2.99. The van der Waals surface area contributed by atoms with E-state index in [2.05, 4.69) is 33.0 Å². The maximum absolute atomic E-state index is 9.84. The molecule has 0 heterocycles. The number of nitrogens with one attached hydrogen (secondary N) is 1. The molecule has 0 bridgehead atoms. The van der Waals surface area contributed by atoms with Crippen molar-refractivity contribution in [1.29, 1.82) is 0 Å². The average molecular weight is 275 g/mol. The highest BCUT2D eigenvalue weighted by atomic mass is 16.5. The summed E-state index contributed by atoms with van der Waals surface area (Å²) in [6.45, 7) is 11.5. The van der Waals surface area contributed by atoms with Gasteiger partial charge in [0.05, 0.1) is 25.4 Å². The van der Waals surface area contributed by atoms with Gasteiger partial charge in [-0.1, -0.05) is 27.7 Å². The molecule has 0 aromatic rings. The van der Waals surface area contributed by atoms with Gasteiger partial charge < -0.3 is 20.3 Å². The lowest BCUT2D eigenvalue weighted by Crippen LogP contribution is -2.40. The van der Waals surface area contributed by atoms with Crippen molar-refractivity contribution in [3.05, 3.63) is 0 Å². The molecule has 0 saturated carbocycles. The molecule has 0 aliphatic rings. The summed E-state index contributed by atoms with van der Waals surface area (Å²) in [4.78, 5) is 0. The highest BCUT2D eigenvalue weighted by Crippen LogP contribution is 2.08. The van der Waals surface area contributed by atoms with Crippen LogP contribution in [0.2, 0.25) is 0 Å². The van der Waals surface area contributed by atoms with Gasteiger partial charge in [-0.15, -0.1) is 0 Å². The van der Waals surface area contributed by atoms with Crippen molar-refractivity contribution < 1.29 is 14.9 Å². The van der Waals surface area contributed by atoms with E-state index in [1.807, 2.05) is 6.92 Å². The van der Waals surface area contributed by atoms with Crippen LogP contribution < -0.4 is 5.32 Å². The van der Waals surface area contributed by atoms with E-state index in [0.29, 0.717) is 25.0 Å². The van der Waals surface area contributed by atoms with Crippen LogP contribution in [0.5, 0.6) is 0 Å². The van der Waals surface area contributed by atoms with Gasteiger partial charge in [0.25, 0.3) is 0 Å². The molecule has 0 fully saturated rings. The van der Waals surface area contributed by atoms with E-state index in [-0.39, 0.29) is 18.8 Å². The van der Waals surface area contributed by atoms with Gasteiger partial charge in [-0.25, -0.2) is 0 Å². The number of rotatable bonds is 11. The van der Waals surface area contributed by atoms with E-state index >= 15 is 0 Å². The van der Waals surface area contributed by atoms with Crippen LogP contribution in [0, 0.1) is 11.8 Å². The minimum absolute atomic E-state index is 0.0581. The van der Waals surface area contributed by atoms with Crippen LogP contribution in [0.25, 0.3) is 0 Å². The SMILES string of the molecule is CC(C)CC(CO)NCC(O)COC(C)CC(C)C. The van der Waals surface area contributed by atoms with Crippen LogP contribution in [-0.2, 0) is 4.74 Å². The Balaban J connectivity index is 3.75. The van der Waals surface area contributed by atoms with Gasteiger partial charge in [0, 0.05) is 12.6 Å². The molecule has 3 N–H and O–H groups in total. The number of ether oxygens (including phenoxy) is 1. The summed E-state index contributed by atoms with van der Waals surface area (Å²) in [6, 6.07) is 0.0581. The molecule has 19 heavy (non-hydrogen) atoms. The van der Waals surface area contributed by atoms with Crippen LogP contribution in [0.1, 0.15) is 47.5 Å². The lowest BCUT2D eigenvalue weighted by molar-refractivity contribution is -0.0100. The van der Waals surface area contributed by atoms with E-state index in [9.17, 15) is 10.2 Å². The second-order valence-corrected chi connectivity index (χ2v) is 6.34. The molecule has 0 rings (SSSR count). The zero-order valence-corrected chi connectivity index (χ0v) is 13.2. The summed E-state index contributed by atoms with van der Waals surface area (Å²) in [5.74, 6) is 1.14. The van der Waals surface area contributed by atoms with E-state index in [1.165, 1.54) is 0 Å². The Morgan fingerprint density at radius 2 is 1.58 bits per heavy atom. The van der Waals surface area contributed by atoms with E-state index < -0.39 is 6.10 Å². The molecule has 0 aromatic carbocycles. The fraction of sp³-hybridized carbons (Fsp3) is 1.00.